The number of amides is 2. The number of anilines is 1. The highest BCUT2D eigenvalue weighted by Gasteiger charge is 2.43. The van der Waals surface area contributed by atoms with E-state index in [1.54, 1.807) is 24.3 Å². The lowest BCUT2D eigenvalue weighted by atomic mass is 9.82. The van der Waals surface area contributed by atoms with Gasteiger partial charge in [0.1, 0.15) is 0 Å². The van der Waals surface area contributed by atoms with Crippen molar-refractivity contribution in [2.75, 3.05) is 12.4 Å². The van der Waals surface area contributed by atoms with Crippen LogP contribution in [-0.4, -0.2) is 42.1 Å². The molecular weight excluding hydrogens is 288 g/mol. The van der Waals surface area contributed by atoms with Crippen LogP contribution in [0, 0.1) is 5.92 Å². The summed E-state index contributed by atoms with van der Waals surface area (Å²) in [4.78, 5) is 34.6. The fraction of sp³-hybridized carbons (Fsp3) is 0.400. The van der Waals surface area contributed by atoms with Gasteiger partial charge in [-0.15, -0.1) is 0 Å². The van der Waals surface area contributed by atoms with Gasteiger partial charge in [0.05, 0.1) is 25.2 Å². The van der Waals surface area contributed by atoms with Crippen LogP contribution in [0.25, 0.3) is 0 Å². The minimum absolute atomic E-state index is 0.130. The molecular formula is C15H18N2O5. The van der Waals surface area contributed by atoms with E-state index in [-0.39, 0.29) is 24.2 Å². The molecule has 1 saturated heterocycles. The van der Waals surface area contributed by atoms with Crippen LogP contribution < -0.4 is 10.6 Å². The molecule has 0 aromatic heterocycles. The van der Waals surface area contributed by atoms with Gasteiger partial charge in [-0.3, -0.25) is 14.9 Å². The number of aliphatic hydroxyl groups excluding tert-OH is 1. The van der Waals surface area contributed by atoms with E-state index in [1.807, 2.05) is 0 Å². The maximum absolute atomic E-state index is 12.2. The Morgan fingerprint density at radius 1 is 1.36 bits per heavy atom. The van der Waals surface area contributed by atoms with Gasteiger partial charge >= 0.3 is 6.09 Å². The Morgan fingerprint density at radius 2 is 2.00 bits per heavy atom. The van der Waals surface area contributed by atoms with Crippen molar-refractivity contribution in [3.05, 3.63) is 29.8 Å². The Labute approximate surface area is 127 Å². The Hall–Kier alpha value is -2.41. The largest absolute Gasteiger partial charge is 0.453 e. The molecule has 0 saturated carbocycles. The molecule has 0 spiro atoms. The predicted octanol–water partition coefficient (Wildman–Crippen LogP) is 0.933. The second kappa shape index (κ2) is 6.57. The average molecular weight is 306 g/mol. The van der Waals surface area contributed by atoms with Crippen molar-refractivity contribution < 1.29 is 24.2 Å². The van der Waals surface area contributed by atoms with Crippen molar-refractivity contribution in [2.45, 2.75) is 25.5 Å². The Bertz CT molecular complexity index is 582. The number of β-lactam (4-membered cyclic amide) rings is 1. The maximum atomic E-state index is 12.2. The number of ketones is 1. The van der Waals surface area contributed by atoms with Crippen LogP contribution in [0.3, 0.4) is 0 Å². The summed E-state index contributed by atoms with van der Waals surface area (Å²) in [7, 11) is 1.26. The first-order chi connectivity index (χ1) is 10.4. The Balaban J connectivity index is 1.96. The fourth-order valence-electron chi connectivity index (χ4n) is 2.41. The first kappa shape index (κ1) is 16.0. The van der Waals surface area contributed by atoms with Crippen LogP contribution in [-0.2, 0) is 9.53 Å². The van der Waals surface area contributed by atoms with Crippen molar-refractivity contribution >= 4 is 23.5 Å². The molecule has 7 nitrogen and oxygen atoms in total. The summed E-state index contributed by atoms with van der Waals surface area (Å²) >= 11 is 0. The van der Waals surface area contributed by atoms with Crippen LogP contribution in [0.1, 0.15) is 23.7 Å². The van der Waals surface area contributed by atoms with Crippen LogP contribution in [0.4, 0.5) is 10.5 Å². The van der Waals surface area contributed by atoms with E-state index in [4.69, 9.17) is 0 Å². The van der Waals surface area contributed by atoms with Gasteiger partial charge in [0.15, 0.2) is 5.78 Å². The minimum Gasteiger partial charge on any atom is -0.453 e. The third-order valence-electron chi connectivity index (χ3n) is 3.63. The molecule has 2 rings (SSSR count). The maximum Gasteiger partial charge on any atom is 0.411 e. The third kappa shape index (κ3) is 3.43. The SMILES string of the molecule is COC(=O)Nc1ccc(C(=O)C[C@H]2NC(=O)[C@@H]2[C@@H](C)O)cc1. The van der Waals surface area contributed by atoms with Gasteiger partial charge in [-0.05, 0) is 31.2 Å². The van der Waals surface area contributed by atoms with Crippen molar-refractivity contribution in [3.8, 4) is 0 Å². The Morgan fingerprint density at radius 3 is 2.50 bits per heavy atom. The van der Waals surface area contributed by atoms with E-state index >= 15 is 0 Å². The van der Waals surface area contributed by atoms with Gasteiger partial charge in [-0.1, -0.05) is 0 Å². The molecule has 0 aliphatic carbocycles. The highest BCUT2D eigenvalue weighted by atomic mass is 16.5. The van der Waals surface area contributed by atoms with E-state index < -0.39 is 18.1 Å². The number of hydrogen-bond donors (Lipinski definition) is 3. The minimum atomic E-state index is -0.779. The number of aliphatic hydroxyl groups is 1. The molecule has 2 amide bonds. The van der Waals surface area contributed by atoms with E-state index in [0.717, 1.165) is 0 Å². The molecule has 1 heterocycles. The summed E-state index contributed by atoms with van der Waals surface area (Å²) < 4.78 is 4.47. The standard InChI is InChI=1S/C15H18N2O5/c1-8(18)13-11(17-14(13)20)7-12(19)9-3-5-10(6-4-9)16-15(21)22-2/h3-6,8,11,13,18H,7H2,1-2H3,(H,16,21)(H,17,20)/t8-,11-,13-/m1/s1. The summed E-state index contributed by atoms with van der Waals surface area (Å²) in [5.74, 6) is -0.907. The summed E-state index contributed by atoms with van der Waals surface area (Å²) in [6.45, 7) is 1.54. The molecule has 3 atom stereocenters. The van der Waals surface area contributed by atoms with Gasteiger partial charge in [0, 0.05) is 17.7 Å². The van der Waals surface area contributed by atoms with E-state index in [0.29, 0.717) is 11.3 Å². The molecule has 0 bridgehead atoms. The molecule has 1 aromatic carbocycles. The zero-order chi connectivity index (χ0) is 16.3. The monoisotopic (exact) mass is 306 g/mol. The fourth-order valence-corrected chi connectivity index (χ4v) is 2.41. The highest BCUT2D eigenvalue weighted by Crippen LogP contribution is 2.23. The van der Waals surface area contributed by atoms with E-state index in [1.165, 1.54) is 14.0 Å². The van der Waals surface area contributed by atoms with Crippen molar-refractivity contribution in [1.29, 1.82) is 0 Å². The smallest absolute Gasteiger partial charge is 0.411 e. The van der Waals surface area contributed by atoms with Gasteiger partial charge in [-0.25, -0.2) is 4.79 Å². The molecule has 7 heteroatoms. The molecule has 22 heavy (non-hydrogen) atoms. The van der Waals surface area contributed by atoms with Crippen molar-refractivity contribution in [1.82, 2.24) is 5.32 Å². The number of rotatable bonds is 5. The highest BCUT2D eigenvalue weighted by molar-refractivity contribution is 5.99. The summed E-state index contributed by atoms with van der Waals surface area (Å²) in [6, 6.07) is 6.02. The molecule has 118 valence electrons. The zero-order valence-electron chi connectivity index (χ0n) is 12.3. The molecule has 3 N–H and O–H groups in total. The van der Waals surface area contributed by atoms with Crippen molar-refractivity contribution in [3.63, 3.8) is 0 Å². The number of benzene rings is 1. The summed E-state index contributed by atoms with van der Waals surface area (Å²) in [5, 5.41) is 14.6. The van der Waals surface area contributed by atoms with Crippen LogP contribution in [0.2, 0.25) is 0 Å². The molecule has 0 radical (unpaired) electrons. The predicted molar refractivity (Wildman–Crippen MR) is 78.5 cm³/mol. The van der Waals surface area contributed by atoms with Gasteiger partial charge in [0.2, 0.25) is 5.91 Å². The summed E-state index contributed by atoms with van der Waals surface area (Å²) in [6.07, 6.45) is -1.24. The normalized spacial score (nSPS) is 21.3. The lowest BCUT2D eigenvalue weighted by molar-refractivity contribution is -0.140. The summed E-state index contributed by atoms with van der Waals surface area (Å²) in [5.41, 5.74) is 0.989. The average Bonchev–Trinajstić information content (AvgIpc) is 2.46. The lowest BCUT2D eigenvalue weighted by Gasteiger charge is -2.38. The van der Waals surface area contributed by atoms with Crippen LogP contribution in [0.15, 0.2) is 24.3 Å². The number of hydrogen-bond acceptors (Lipinski definition) is 5. The quantitative estimate of drug-likeness (QED) is 0.554. The third-order valence-corrected chi connectivity index (χ3v) is 3.63. The second-order valence-corrected chi connectivity index (χ2v) is 5.20. The van der Waals surface area contributed by atoms with Gasteiger partial charge in [0.25, 0.3) is 0 Å². The van der Waals surface area contributed by atoms with Gasteiger partial charge < -0.3 is 15.2 Å². The number of nitrogens with one attached hydrogen (secondary N) is 2. The number of ether oxygens (including phenoxy) is 1. The van der Waals surface area contributed by atoms with E-state index in [9.17, 15) is 19.5 Å². The zero-order valence-corrected chi connectivity index (χ0v) is 12.3. The number of methoxy groups -OCH3 is 1. The molecule has 1 aliphatic heterocycles. The number of carbonyl (C=O) groups excluding carboxylic acids is 3. The molecule has 1 aliphatic rings. The second-order valence-electron chi connectivity index (χ2n) is 5.20. The molecule has 0 unspecified atom stereocenters. The Kier molecular flexibility index (Phi) is 4.77. The van der Waals surface area contributed by atoms with Crippen LogP contribution in [0.5, 0.6) is 0 Å². The van der Waals surface area contributed by atoms with Crippen molar-refractivity contribution in [2.24, 2.45) is 5.92 Å². The molecule has 1 fully saturated rings. The van der Waals surface area contributed by atoms with Gasteiger partial charge in [-0.2, -0.15) is 0 Å². The number of carbonyl (C=O) groups is 3. The van der Waals surface area contributed by atoms with E-state index in [2.05, 4.69) is 15.4 Å². The first-order valence-electron chi connectivity index (χ1n) is 6.89. The first-order valence-corrected chi connectivity index (χ1v) is 6.89. The number of Topliss-reactive ketones (excluding diaryl/α,β-unsaturated/α-hetero) is 1. The molecule has 1 aromatic rings. The topological polar surface area (TPSA) is 105 Å². The lowest BCUT2D eigenvalue weighted by Crippen LogP contribution is -2.62. The van der Waals surface area contributed by atoms with Crippen LogP contribution >= 0.6 is 0 Å².